The highest BCUT2D eigenvalue weighted by Crippen LogP contribution is 2.29. The number of nitrogens with zero attached hydrogens (tertiary/aromatic N) is 3. The Morgan fingerprint density at radius 2 is 2.07 bits per heavy atom. The second-order valence-electron chi connectivity index (χ2n) is 6.81. The van der Waals surface area contributed by atoms with E-state index in [1.54, 1.807) is 12.5 Å². The monoisotopic (exact) mass is 401 g/mol. The van der Waals surface area contributed by atoms with Crippen LogP contribution in [0, 0.1) is 5.92 Å². The van der Waals surface area contributed by atoms with Crippen molar-refractivity contribution >= 4 is 28.0 Å². The molecule has 0 spiro atoms. The van der Waals surface area contributed by atoms with Crippen LogP contribution in [0.15, 0.2) is 39.2 Å². The number of aromatic nitrogens is 3. The van der Waals surface area contributed by atoms with Gasteiger partial charge in [-0.25, -0.2) is 9.78 Å². The Balaban J connectivity index is 2.02. The second kappa shape index (κ2) is 7.89. The predicted molar refractivity (Wildman–Crippen MR) is 113 cm³/mol. The maximum atomic E-state index is 12.7. The summed E-state index contributed by atoms with van der Waals surface area (Å²) in [4.78, 5) is 29.6. The molecule has 0 aliphatic rings. The lowest BCUT2D eigenvalue weighted by Gasteiger charge is -2.15. The molecular formula is C19H23N5O3S. The number of anilines is 3. The Bertz CT molecular complexity index is 1110. The normalized spacial score (nSPS) is 11.0. The van der Waals surface area contributed by atoms with Crippen molar-refractivity contribution in [1.29, 1.82) is 0 Å². The first kappa shape index (κ1) is 19.7. The largest absolute Gasteiger partial charge is 0.497 e. The fourth-order valence-electron chi connectivity index (χ4n) is 2.84. The average molecular weight is 401 g/mol. The smallest absolute Gasteiger partial charge is 0.332 e. The summed E-state index contributed by atoms with van der Waals surface area (Å²) < 4.78 is 7.72. The molecule has 28 heavy (non-hydrogen) atoms. The van der Waals surface area contributed by atoms with Gasteiger partial charge in [0.25, 0.3) is 5.56 Å². The van der Waals surface area contributed by atoms with Crippen LogP contribution in [0.4, 0.5) is 16.6 Å². The van der Waals surface area contributed by atoms with Crippen LogP contribution < -0.4 is 27.0 Å². The highest BCUT2D eigenvalue weighted by atomic mass is 32.1. The molecule has 2 aromatic heterocycles. The van der Waals surface area contributed by atoms with Crippen molar-refractivity contribution in [3.05, 3.63) is 50.5 Å². The Hall–Kier alpha value is -3.07. The highest BCUT2D eigenvalue weighted by Gasteiger charge is 2.20. The molecule has 3 rings (SSSR count). The first-order valence-corrected chi connectivity index (χ1v) is 9.66. The van der Waals surface area contributed by atoms with E-state index in [0.717, 1.165) is 16.0 Å². The molecule has 0 bridgehead atoms. The summed E-state index contributed by atoms with van der Waals surface area (Å²) >= 11 is 1.35. The van der Waals surface area contributed by atoms with Crippen molar-refractivity contribution in [3.8, 4) is 17.0 Å². The molecule has 0 aliphatic carbocycles. The van der Waals surface area contributed by atoms with Crippen LogP contribution in [0.1, 0.15) is 13.8 Å². The number of ether oxygens (including phenoxy) is 1. The van der Waals surface area contributed by atoms with Crippen LogP contribution in [0.25, 0.3) is 11.3 Å². The molecule has 0 aliphatic heterocycles. The summed E-state index contributed by atoms with van der Waals surface area (Å²) in [7, 11) is 3.05. The van der Waals surface area contributed by atoms with Crippen molar-refractivity contribution in [2.45, 2.75) is 20.4 Å². The van der Waals surface area contributed by atoms with Crippen LogP contribution in [0.2, 0.25) is 0 Å². The van der Waals surface area contributed by atoms with Crippen LogP contribution in [-0.2, 0) is 13.6 Å². The van der Waals surface area contributed by atoms with E-state index in [1.807, 2.05) is 38.1 Å². The third kappa shape index (κ3) is 3.79. The van der Waals surface area contributed by atoms with Crippen molar-refractivity contribution in [2.24, 2.45) is 13.0 Å². The number of benzene rings is 1. The van der Waals surface area contributed by atoms with Gasteiger partial charge in [-0.2, -0.15) is 0 Å². The predicted octanol–water partition coefficient (Wildman–Crippen LogP) is 2.66. The highest BCUT2D eigenvalue weighted by molar-refractivity contribution is 7.14. The molecule has 1 aromatic carbocycles. The third-order valence-corrected chi connectivity index (χ3v) is 4.97. The van der Waals surface area contributed by atoms with Gasteiger partial charge in [-0.1, -0.05) is 19.9 Å². The number of nitrogen functional groups attached to an aromatic ring is 1. The van der Waals surface area contributed by atoms with Gasteiger partial charge in [0.2, 0.25) is 0 Å². The molecular weight excluding hydrogens is 378 g/mol. The van der Waals surface area contributed by atoms with Gasteiger partial charge in [0.05, 0.1) is 12.8 Å². The number of hydrogen-bond donors (Lipinski definition) is 2. The first-order chi connectivity index (χ1) is 13.3. The van der Waals surface area contributed by atoms with Gasteiger partial charge in [0, 0.05) is 30.7 Å². The molecule has 9 heteroatoms. The molecule has 0 radical (unpaired) electrons. The maximum absolute atomic E-state index is 12.7. The van der Waals surface area contributed by atoms with Crippen molar-refractivity contribution < 1.29 is 4.74 Å². The summed E-state index contributed by atoms with van der Waals surface area (Å²) in [5.74, 6) is 1.06. The zero-order valence-corrected chi connectivity index (χ0v) is 17.0. The van der Waals surface area contributed by atoms with Crippen LogP contribution >= 0.6 is 11.3 Å². The van der Waals surface area contributed by atoms with Gasteiger partial charge in [-0.3, -0.25) is 13.9 Å². The van der Waals surface area contributed by atoms with Crippen LogP contribution in [0.3, 0.4) is 0 Å². The van der Waals surface area contributed by atoms with E-state index in [2.05, 4.69) is 10.3 Å². The molecule has 0 saturated carbocycles. The Kier molecular flexibility index (Phi) is 5.55. The third-order valence-electron chi connectivity index (χ3n) is 4.21. The van der Waals surface area contributed by atoms with Gasteiger partial charge in [0.1, 0.15) is 17.1 Å². The molecule has 0 atom stereocenters. The summed E-state index contributed by atoms with van der Waals surface area (Å²) in [6.07, 6.45) is 0. The first-order valence-electron chi connectivity index (χ1n) is 8.78. The number of nitrogens with one attached hydrogen (secondary N) is 1. The number of methoxy groups -OCH3 is 1. The van der Waals surface area contributed by atoms with Gasteiger partial charge >= 0.3 is 5.69 Å². The summed E-state index contributed by atoms with van der Waals surface area (Å²) in [6.45, 7) is 4.39. The Morgan fingerprint density at radius 3 is 2.75 bits per heavy atom. The average Bonchev–Trinajstić information content (AvgIpc) is 3.11. The van der Waals surface area contributed by atoms with E-state index in [0.29, 0.717) is 17.4 Å². The quantitative estimate of drug-likeness (QED) is 0.658. The molecule has 0 fully saturated rings. The topological polar surface area (TPSA) is 104 Å². The standard InChI is InChI=1S/C19H23N5O3S/c1-11(2)9-24-16(20)15(17(25)23(3)19(24)26)14-10-28-18(22-14)21-12-6-5-7-13(8-12)27-4/h5-8,10-11H,9,20H2,1-4H3,(H,21,22). The van der Waals surface area contributed by atoms with Crippen molar-refractivity contribution in [1.82, 2.24) is 14.1 Å². The van der Waals surface area contributed by atoms with Gasteiger partial charge < -0.3 is 15.8 Å². The van der Waals surface area contributed by atoms with Gasteiger partial charge in [-0.05, 0) is 18.1 Å². The SMILES string of the molecule is COc1cccc(Nc2nc(-c3c(N)n(CC(C)C)c(=O)n(C)c3=O)cs2)c1. The fraction of sp³-hybridized carbons (Fsp3) is 0.316. The number of nitrogens with two attached hydrogens (primary N) is 1. The Labute approximate surface area is 166 Å². The number of hydrogen-bond acceptors (Lipinski definition) is 7. The molecule has 0 amide bonds. The minimum Gasteiger partial charge on any atom is -0.497 e. The fourth-order valence-corrected chi connectivity index (χ4v) is 3.56. The van der Waals surface area contributed by atoms with E-state index in [9.17, 15) is 9.59 Å². The summed E-state index contributed by atoms with van der Waals surface area (Å²) in [5, 5.41) is 5.54. The number of thiazole rings is 1. The number of rotatable bonds is 6. The van der Waals surface area contributed by atoms with Gasteiger partial charge in [0.15, 0.2) is 5.13 Å². The Morgan fingerprint density at radius 1 is 1.32 bits per heavy atom. The lowest BCUT2D eigenvalue weighted by Crippen LogP contribution is -2.41. The van der Waals surface area contributed by atoms with Crippen molar-refractivity contribution in [2.75, 3.05) is 18.2 Å². The lowest BCUT2D eigenvalue weighted by molar-refractivity contribution is 0.415. The molecule has 3 aromatic rings. The maximum Gasteiger partial charge on any atom is 0.332 e. The zero-order valence-electron chi connectivity index (χ0n) is 16.2. The van der Waals surface area contributed by atoms with E-state index >= 15 is 0 Å². The second-order valence-corrected chi connectivity index (χ2v) is 7.66. The minimum absolute atomic E-state index is 0.139. The molecule has 0 unspecified atom stereocenters. The van der Waals surface area contributed by atoms with Gasteiger partial charge in [-0.15, -0.1) is 11.3 Å². The van der Waals surface area contributed by atoms with Crippen LogP contribution in [-0.4, -0.2) is 21.2 Å². The molecule has 148 valence electrons. The summed E-state index contributed by atoms with van der Waals surface area (Å²) in [6, 6.07) is 7.45. The van der Waals surface area contributed by atoms with E-state index in [4.69, 9.17) is 10.5 Å². The zero-order chi connectivity index (χ0) is 20.4. The van der Waals surface area contributed by atoms with E-state index in [-0.39, 0.29) is 17.3 Å². The molecule has 2 heterocycles. The summed E-state index contributed by atoms with van der Waals surface area (Å²) in [5.41, 5.74) is 6.81. The van der Waals surface area contributed by atoms with Crippen molar-refractivity contribution in [3.63, 3.8) is 0 Å². The van der Waals surface area contributed by atoms with E-state index < -0.39 is 11.2 Å². The lowest BCUT2D eigenvalue weighted by atomic mass is 10.2. The molecule has 0 saturated heterocycles. The molecule has 8 nitrogen and oxygen atoms in total. The van der Waals surface area contributed by atoms with Crippen LogP contribution in [0.5, 0.6) is 5.75 Å². The minimum atomic E-state index is -0.458. The van der Waals surface area contributed by atoms with E-state index in [1.165, 1.54) is 23.0 Å². The molecule has 3 N–H and O–H groups in total.